The molecule has 23 heavy (non-hydrogen) atoms. The van der Waals surface area contributed by atoms with Crippen LogP contribution in [0.2, 0.25) is 0 Å². The average Bonchev–Trinajstić information content (AvgIpc) is 2.51. The van der Waals surface area contributed by atoms with Gasteiger partial charge in [0.1, 0.15) is 6.04 Å². The van der Waals surface area contributed by atoms with Crippen LogP contribution in [0.1, 0.15) is 50.0 Å². The summed E-state index contributed by atoms with van der Waals surface area (Å²) in [6.07, 6.45) is 0.156. The monoisotopic (exact) mass is 316 g/mol. The van der Waals surface area contributed by atoms with E-state index in [1.54, 1.807) is 19.1 Å². The second kappa shape index (κ2) is 7.77. The molecule has 1 amide bonds. The quantitative estimate of drug-likeness (QED) is 0.847. The van der Waals surface area contributed by atoms with E-state index in [4.69, 9.17) is 10.00 Å². The Morgan fingerprint density at radius 1 is 1.26 bits per heavy atom. The number of nitriles is 1. The minimum absolute atomic E-state index is 0.00483. The van der Waals surface area contributed by atoms with Crippen LogP contribution in [0.4, 0.5) is 0 Å². The second-order valence-electron chi connectivity index (χ2n) is 6.64. The molecule has 0 heterocycles. The molecule has 2 atom stereocenters. The van der Waals surface area contributed by atoms with Crippen LogP contribution in [0, 0.1) is 17.2 Å². The molecule has 0 bridgehead atoms. The van der Waals surface area contributed by atoms with Gasteiger partial charge in [0.05, 0.1) is 13.2 Å². The SMILES string of the molecule is COC(=O)[C@@H](NC(=O)c1ccc(C(C)(C)C)cc1)[C@H](C)CC#N. The average molecular weight is 316 g/mol. The zero-order chi connectivity index (χ0) is 17.6. The van der Waals surface area contributed by atoms with Crippen LogP contribution in [0.15, 0.2) is 24.3 Å². The molecular weight excluding hydrogens is 292 g/mol. The summed E-state index contributed by atoms with van der Waals surface area (Å²) in [7, 11) is 1.26. The second-order valence-corrected chi connectivity index (χ2v) is 6.64. The first-order valence-electron chi connectivity index (χ1n) is 7.57. The number of carbonyl (C=O) groups is 2. The lowest BCUT2D eigenvalue weighted by Gasteiger charge is -2.22. The Labute approximate surface area is 137 Å². The molecule has 0 spiro atoms. The number of nitrogens with zero attached hydrogens (tertiary/aromatic N) is 1. The molecule has 0 saturated heterocycles. The maximum Gasteiger partial charge on any atom is 0.328 e. The van der Waals surface area contributed by atoms with Crippen molar-refractivity contribution in [1.82, 2.24) is 5.32 Å². The van der Waals surface area contributed by atoms with Gasteiger partial charge in [-0.2, -0.15) is 5.26 Å². The van der Waals surface area contributed by atoms with Gasteiger partial charge >= 0.3 is 5.97 Å². The Kier molecular flexibility index (Phi) is 6.32. The summed E-state index contributed by atoms with van der Waals surface area (Å²) in [5.41, 5.74) is 1.60. The molecule has 5 nitrogen and oxygen atoms in total. The third-order valence-electron chi connectivity index (χ3n) is 3.74. The molecule has 0 aliphatic rings. The normalized spacial score (nSPS) is 13.6. The number of methoxy groups -OCH3 is 1. The summed E-state index contributed by atoms with van der Waals surface area (Å²) in [4.78, 5) is 24.2. The van der Waals surface area contributed by atoms with Crippen molar-refractivity contribution in [2.75, 3.05) is 7.11 Å². The van der Waals surface area contributed by atoms with Crippen molar-refractivity contribution >= 4 is 11.9 Å². The first-order chi connectivity index (χ1) is 10.7. The topological polar surface area (TPSA) is 79.2 Å². The molecule has 0 unspecified atom stereocenters. The Balaban J connectivity index is 2.90. The van der Waals surface area contributed by atoms with E-state index < -0.39 is 12.0 Å². The van der Waals surface area contributed by atoms with Crippen LogP contribution in [0.5, 0.6) is 0 Å². The summed E-state index contributed by atoms with van der Waals surface area (Å²) in [5.74, 6) is -1.23. The van der Waals surface area contributed by atoms with Crippen molar-refractivity contribution in [2.24, 2.45) is 5.92 Å². The maximum atomic E-state index is 12.3. The summed E-state index contributed by atoms with van der Waals surface area (Å²) in [5, 5.41) is 11.4. The Morgan fingerprint density at radius 3 is 2.26 bits per heavy atom. The minimum atomic E-state index is -0.838. The Morgan fingerprint density at radius 2 is 1.83 bits per heavy atom. The van der Waals surface area contributed by atoms with E-state index in [0.717, 1.165) is 5.56 Å². The number of esters is 1. The largest absolute Gasteiger partial charge is 0.467 e. The van der Waals surface area contributed by atoms with Crippen LogP contribution in [-0.4, -0.2) is 25.0 Å². The fourth-order valence-electron chi connectivity index (χ4n) is 2.17. The van der Waals surface area contributed by atoms with Gasteiger partial charge in [-0.1, -0.05) is 39.8 Å². The van der Waals surface area contributed by atoms with Gasteiger partial charge in [0.25, 0.3) is 5.91 Å². The first kappa shape index (κ1) is 18.7. The van der Waals surface area contributed by atoms with Crippen molar-refractivity contribution in [1.29, 1.82) is 5.26 Å². The lowest BCUT2D eigenvalue weighted by Crippen LogP contribution is -2.45. The van der Waals surface area contributed by atoms with Gasteiger partial charge in [-0.15, -0.1) is 0 Å². The summed E-state index contributed by atoms with van der Waals surface area (Å²) >= 11 is 0. The number of rotatable bonds is 5. The third kappa shape index (κ3) is 5.10. The van der Waals surface area contributed by atoms with Gasteiger partial charge in [0.15, 0.2) is 0 Å². The predicted molar refractivity (Wildman–Crippen MR) is 87.8 cm³/mol. The molecule has 0 aromatic heterocycles. The van der Waals surface area contributed by atoms with Crippen molar-refractivity contribution in [2.45, 2.75) is 45.6 Å². The van der Waals surface area contributed by atoms with Crippen molar-refractivity contribution in [3.63, 3.8) is 0 Å². The standard InChI is InChI=1S/C18H24N2O3/c1-12(10-11-19)15(17(22)23-5)20-16(21)13-6-8-14(9-7-13)18(2,3)4/h6-9,12,15H,10H2,1-5H3,(H,20,21)/t12-,15+/m1/s1. The van der Waals surface area contributed by atoms with Crippen molar-refractivity contribution in [3.05, 3.63) is 35.4 Å². The van der Waals surface area contributed by atoms with Gasteiger partial charge in [0, 0.05) is 17.9 Å². The van der Waals surface area contributed by atoms with Gasteiger partial charge in [-0.3, -0.25) is 4.79 Å². The van der Waals surface area contributed by atoms with E-state index in [2.05, 4.69) is 26.1 Å². The maximum absolute atomic E-state index is 12.3. The van der Waals surface area contributed by atoms with Crippen LogP contribution < -0.4 is 5.32 Å². The molecule has 1 N–H and O–H groups in total. The number of amides is 1. The molecule has 0 saturated carbocycles. The van der Waals surface area contributed by atoms with Gasteiger partial charge in [-0.05, 0) is 23.1 Å². The van der Waals surface area contributed by atoms with Crippen LogP contribution in [0.25, 0.3) is 0 Å². The van der Waals surface area contributed by atoms with Crippen LogP contribution in [0.3, 0.4) is 0 Å². The molecule has 5 heteroatoms. The fraction of sp³-hybridized carbons (Fsp3) is 0.500. The zero-order valence-corrected chi connectivity index (χ0v) is 14.3. The van der Waals surface area contributed by atoms with Crippen LogP contribution >= 0.6 is 0 Å². The highest BCUT2D eigenvalue weighted by atomic mass is 16.5. The lowest BCUT2D eigenvalue weighted by atomic mass is 9.86. The number of benzene rings is 1. The molecule has 1 aromatic carbocycles. The summed E-state index contributed by atoms with van der Waals surface area (Å²) < 4.78 is 4.72. The molecule has 0 aliphatic heterocycles. The van der Waals surface area contributed by atoms with E-state index in [1.807, 2.05) is 18.2 Å². The van der Waals surface area contributed by atoms with E-state index in [9.17, 15) is 9.59 Å². The molecule has 1 rings (SSSR count). The molecule has 1 aromatic rings. The Bertz CT molecular complexity index is 594. The summed E-state index contributed by atoms with van der Waals surface area (Å²) in [6.45, 7) is 8.02. The van der Waals surface area contributed by atoms with Crippen LogP contribution in [-0.2, 0) is 14.9 Å². The number of hydrogen-bond donors (Lipinski definition) is 1. The lowest BCUT2D eigenvalue weighted by molar-refractivity contribution is -0.144. The van der Waals surface area contributed by atoms with E-state index in [0.29, 0.717) is 5.56 Å². The van der Waals surface area contributed by atoms with Gasteiger partial charge < -0.3 is 10.1 Å². The zero-order valence-electron chi connectivity index (χ0n) is 14.3. The smallest absolute Gasteiger partial charge is 0.328 e. The third-order valence-corrected chi connectivity index (χ3v) is 3.74. The van der Waals surface area contributed by atoms with E-state index in [-0.39, 0.29) is 23.7 Å². The molecule has 0 radical (unpaired) electrons. The highest BCUT2D eigenvalue weighted by Gasteiger charge is 2.28. The molecule has 124 valence electrons. The molecule has 0 fully saturated rings. The highest BCUT2D eigenvalue weighted by Crippen LogP contribution is 2.22. The van der Waals surface area contributed by atoms with Gasteiger partial charge in [-0.25, -0.2) is 4.79 Å². The molecule has 0 aliphatic carbocycles. The van der Waals surface area contributed by atoms with Crippen molar-refractivity contribution < 1.29 is 14.3 Å². The number of ether oxygens (including phenoxy) is 1. The molecular formula is C18H24N2O3. The number of carbonyl (C=O) groups excluding carboxylic acids is 2. The summed E-state index contributed by atoms with van der Waals surface area (Å²) in [6, 6.07) is 8.44. The van der Waals surface area contributed by atoms with Crippen molar-refractivity contribution in [3.8, 4) is 6.07 Å². The van der Waals surface area contributed by atoms with E-state index in [1.165, 1.54) is 7.11 Å². The Hall–Kier alpha value is -2.35. The number of nitrogens with one attached hydrogen (secondary N) is 1. The number of hydrogen-bond acceptors (Lipinski definition) is 4. The van der Waals surface area contributed by atoms with E-state index >= 15 is 0 Å². The first-order valence-corrected chi connectivity index (χ1v) is 7.57. The van der Waals surface area contributed by atoms with Gasteiger partial charge in [0.2, 0.25) is 0 Å². The fourth-order valence-corrected chi connectivity index (χ4v) is 2.17. The predicted octanol–water partition coefficient (Wildman–Crippen LogP) is 2.81. The highest BCUT2D eigenvalue weighted by molar-refractivity contribution is 5.96. The minimum Gasteiger partial charge on any atom is -0.467 e.